The predicted molar refractivity (Wildman–Crippen MR) is 53.4 cm³/mol. The molecule has 0 spiro atoms. The zero-order valence-corrected chi connectivity index (χ0v) is 8.37. The van der Waals surface area contributed by atoms with Gasteiger partial charge in [0.2, 0.25) is 0 Å². The maximum atomic E-state index is 2.55. The highest BCUT2D eigenvalue weighted by atomic mass is 15.2. The molecule has 2 unspecified atom stereocenters. The van der Waals surface area contributed by atoms with Crippen LogP contribution in [0, 0.1) is 11.8 Å². The number of fused-ring (bicyclic) bond motifs is 1. The van der Waals surface area contributed by atoms with Gasteiger partial charge in [-0.25, -0.2) is 0 Å². The molecular weight excluding hydrogens is 160 g/mol. The molecule has 2 heterocycles. The SMILES string of the molecule is CN1CC/C(=C\N2CC3CC3C2)C1. The van der Waals surface area contributed by atoms with Gasteiger partial charge in [-0.15, -0.1) is 0 Å². The highest BCUT2D eigenvalue weighted by molar-refractivity contribution is 5.11. The molecule has 0 N–H and O–H groups in total. The summed E-state index contributed by atoms with van der Waals surface area (Å²) < 4.78 is 0. The number of hydrogen-bond donors (Lipinski definition) is 0. The zero-order chi connectivity index (χ0) is 8.84. The molecule has 72 valence electrons. The number of piperidine rings is 1. The Morgan fingerprint density at radius 1 is 1.31 bits per heavy atom. The largest absolute Gasteiger partial charge is 0.377 e. The van der Waals surface area contributed by atoms with Crippen LogP contribution in [-0.2, 0) is 0 Å². The molecule has 3 aliphatic rings. The fourth-order valence-corrected chi connectivity index (χ4v) is 2.74. The van der Waals surface area contributed by atoms with Crippen molar-refractivity contribution in [3.05, 3.63) is 11.8 Å². The minimum absolute atomic E-state index is 1.07. The van der Waals surface area contributed by atoms with Crippen molar-refractivity contribution >= 4 is 0 Å². The molecule has 0 aromatic rings. The van der Waals surface area contributed by atoms with Gasteiger partial charge in [-0.1, -0.05) is 0 Å². The first kappa shape index (κ1) is 7.86. The van der Waals surface area contributed by atoms with E-state index in [4.69, 9.17) is 0 Å². The average molecular weight is 178 g/mol. The summed E-state index contributed by atoms with van der Waals surface area (Å²) in [6.45, 7) is 5.15. The summed E-state index contributed by atoms with van der Waals surface area (Å²) in [6.07, 6.45) is 5.25. The molecule has 0 aromatic carbocycles. The Bertz CT molecular complexity index is 236. The van der Waals surface area contributed by atoms with E-state index < -0.39 is 0 Å². The Hall–Kier alpha value is -0.500. The van der Waals surface area contributed by atoms with Crippen LogP contribution in [0.4, 0.5) is 0 Å². The lowest BCUT2D eigenvalue weighted by molar-refractivity contribution is 0.406. The van der Waals surface area contributed by atoms with Crippen molar-refractivity contribution in [3.8, 4) is 0 Å². The van der Waals surface area contributed by atoms with Gasteiger partial charge in [-0.05, 0) is 43.5 Å². The van der Waals surface area contributed by atoms with Gasteiger partial charge in [0.25, 0.3) is 0 Å². The van der Waals surface area contributed by atoms with Crippen molar-refractivity contribution in [2.24, 2.45) is 11.8 Å². The molecule has 13 heavy (non-hydrogen) atoms. The van der Waals surface area contributed by atoms with Crippen molar-refractivity contribution in [2.45, 2.75) is 12.8 Å². The van der Waals surface area contributed by atoms with E-state index in [2.05, 4.69) is 23.0 Å². The Labute approximate surface area is 80.2 Å². The van der Waals surface area contributed by atoms with Crippen molar-refractivity contribution in [2.75, 3.05) is 33.2 Å². The Balaban J connectivity index is 1.61. The molecule has 1 saturated carbocycles. The molecule has 2 nitrogen and oxygen atoms in total. The number of likely N-dealkylation sites (tertiary alicyclic amines) is 2. The smallest absolute Gasteiger partial charge is 0.0207 e. The highest BCUT2D eigenvalue weighted by Gasteiger charge is 2.44. The Kier molecular flexibility index (Phi) is 1.66. The fourth-order valence-electron chi connectivity index (χ4n) is 2.74. The summed E-state index contributed by atoms with van der Waals surface area (Å²) >= 11 is 0. The van der Waals surface area contributed by atoms with Crippen LogP contribution in [0.3, 0.4) is 0 Å². The number of hydrogen-bond acceptors (Lipinski definition) is 2. The maximum absolute atomic E-state index is 2.55. The van der Waals surface area contributed by atoms with Gasteiger partial charge in [0.05, 0.1) is 0 Å². The predicted octanol–water partition coefficient (Wildman–Crippen LogP) is 1.16. The maximum Gasteiger partial charge on any atom is 0.0207 e. The van der Waals surface area contributed by atoms with Gasteiger partial charge in [-0.3, -0.25) is 0 Å². The molecule has 0 amide bonds. The first-order chi connectivity index (χ1) is 6.31. The molecule has 0 aromatic heterocycles. The zero-order valence-electron chi connectivity index (χ0n) is 8.37. The standard InChI is InChI=1S/C11H18N2/c1-12-3-2-9(5-12)6-13-7-10-4-11(10)8-13/h6,10-11H,2-5,7-8H2,1H3/b9-6+. The van der Waals surface area contributed by atoms with Crippen molar-refractivity contribution in [1.82, 2.24) is 9.80 Å². The van der Waals surface area contributed by atoms with Crippen molar-refractivity contribution in [3.63, 3.8) is 0 Å². The third kappa shape index (κ3) is 1.48. The fraction of sp³-hybridized carbons (Fsp3) is 0.818. The monoisotopic (exact) mass is 178 g/mol. The summed E-state index contributed by atoms with van der Waals surface area (Å²) in [7, 11) is 2.21. The van der Waals surface area contributed by atoms with Gasteiger partial charge >= 0.3 is 0 Å². The topological polar surface area (TPSA) is 6.48 Å². The highest BCUT2D eigenvalue weighted by Crippen LogP contribution is 2.45. The van der Waals surface area contributed by atoms with Crippen LogP contribution in [0.15, 0.2) is 11.8 Å². The lowest BCUT2D eigenvalue weighted by Crippen LogP contribution is -2.17. The van der Waals surface area contributed by atoms with Crippen LogP contribution in [0.1, 0.15) is 12.8 Å². The van der Waals surface area contributed by atoms with Crippen LogP contribution < -0.4 is 0 Å². The number of rotatable bonds is 1. The second-order valence-electron chi connectivity index (χ2n) is 4.98. The van der Waals surface area contributed by atoms with Gasteiger partial charge in [0.1, 0.15) is 0 Å². The number of nitrogens with zero attached hydrogens (tertiary/aromatic N) is 2. The molecule has 0 bridgehead atoms. The van der Waals surface area contributed by atoms with Gasteiger partial charge in [0, 0.05) is 26.2 Å². The van der Waals surface area contributed by atoms with Gasteiger partial charge in [-0.2, -0.15) is 0 Å². The normalized spacial score (nSPS) is 41.6. The molecule has 2 atom stereocenters. The molecule has 3 rings (SSSR count). The summed E-state index contributed by atoms with van der Waals surface area (Å²) in [5, 5.41) is 0. The summed E-state index contributed by atoms with van der Waals surface area (Å²) in [4.78, 5) is 4.95. The van der Waals surface area contributed by atoms with Crippen LogP contribution in [0.2, 0.25) is 0 Å². The van der Waals surface area contributed by atoms with Gasteiger partial charge < -0.3 is 9.80 Å². The van der Waals surface area contributed by atoms with E-state index in [1.165, 1.54) is 39.0 Å². The molecule has 2 aliphatic heterocycles. The van der Waals surface area contributed by atoms with Crippen LogP contribution in [-0.4, -0.2) is 43.0 Å². The minimum atomic E-state index is 1.07. The lowest BCUT2D eigenvalue weighted by atomic mass is 10.2. The Morgan fingerprint density at radius 3 is 2.69 bits per heavy atom. The van der Waals surface area contributed by atoms with Gasteiger partial charge in [0.15, 0.2) is 0 Å². The van der Waals surface area contributed by atoms with Crippen molar-refractivity contribution < 1.29 is 0 Å². The third-order valence-corrected chi connectivity index (χ3v) is 3.66. The molecular formula is C11H18N2. The van der Waals surface area contributed by atoms with E-state index in [-0.39, 0.29) is 0 Å². The van der Waals surface area contributed by atoms with E-state index in [0.29, 0.717) is 0 Å². The van der Waals surface area contributed by atoms with E-state index >= 15 is 0 Å². The quantitative estimate of drug-likeness (QED) is 0.594. The van der Waals surface area contributed by atoms with E-state index in [1.54, 1.807) is 5.57 Å². The summed E-state index contributed by atoms with van der Waals surface area (Å²) in [5.41, 5.74) is 1.64. The second kappa shape index (κ2) is 2.74. The third-order valence-electron chi connectivity index (χ3n) is 3.66. The molecule has 3 fully saturated rings. The second-order valence-corrected chi connectivity index (χ2v) is 4.98. The molecule has 2 saturated heterocycles. The van der Waals surface area contributed by atoms with Crippen molar-refractivity contribution in [1.29, 1.82) is 0 Å². The minimum Gasteiger partial charge on any atom is -0.377 e. The van der Waals surface area contributed by atoms with E-state index in [9.17, 15) is 0 Å². The van der Waals surface area contributed by atoms with E-state index in [1.807, 2.05) is 0 Å². The van der Waals surface area contributed by atoms with Crippen LogP contribution >= 0.6 is 0 Å². The summed E-state index contributed by atoms with van der Waals surface area (Å²) in [5.74, 6) is 2.13. The Morgan fingerprint density at radius 2 is 2.08 bits per heavy atom. The summed E-state index contributed by atoms with van der Waals surface area (Å²) in [6, 6.07) is 0. The first-order valence-corrected chi connectivity index (χ1v) is 5.43. The van der Waals surface area contributed by atoms with E-state index in [0.717, 1.165) is 11.8 Å². The first-order valence-electron chi connectivity index (χ1n) is 5.43. The molecule has 2 heteroatoms. The number of likely N-dealkylation sites (N-methyl/N-ethyl adjacent to an activating group) is 1. The van der Waals surface area contributed by atoms with Crippen LogP contribution in [0.25, 0.3) is 0 Å². The molecule has 1 aliphatic carbocycles. The lowest BCUT2D eigenvalue weighted by Gasteiger charge is -2.15. The average Bonchev–Trinajstić information content (AvgIpc) is 2.55. The van der Waals surface area contributed by atoms with Crippen LogP contribution in [0.5, 0.6) is 0 Å². The molecule has 0 radical (unpaired) electrons.